The molecular formula is C18H24N2O. The van der Waals surface area contributed by atoms with E-state index in [0.29, 0.717) is 12.1 Å². The predicted molar refractivity (Wildman–Crippen MR) is 86.5 cm³/mol. The molecule has 0 N–H and O–H groups in total. The fraction of sp³-hybridized carbons (Fsp3) is 0.444. The van der Waals surface area contributed by atoms with E-state index >= 15 is 0 Å². The first-order valence-electron chi connectivity index (χ1n) is 7.68. The van der Waals surface area contributed by atoms with E-state index in [2.05, 4.69) is 40.7 Å². The van der Waals surface area contributed by atoms with E-state index in [1.807, 2.05) is 18.2 Å². The maximum absolute atomic E-state index is 5.23. The van der Waals surface area contributed by atoms with Gasteiger partial charge in [-0.1, -0.05) is 30.4 Å². The van der Waals surface area contributed by atoms with E-state index in [1.54, 1.807) is 7.11 Å². The Bertz CT molecular complexity index is 508. The molecule has 3 aliphatic rings. The minimum absolute atomic E-state index is 0.519. The SMILES string of the molecule is C=CCN1CC2C=CCC1CN2Cc1ccc(OC)cc1. The zero-order chi connectivity index (χ0) is 14.7. The van der Waals surface area contributed by atoms with Crippen LogP contribution in [0.4, 0.5) is 0 Å². The number of fused-ring (bicyclic) bond motifs is 3. The minimum atomic E-state index is 0.519. The number of methoxy groups -OCH3 is 1. The Hall–Kier alpha value is -1.58. The molecule has 1 aromatic rings. The number of nitrogens with zero attached hydrogens (tertiary/aromatic N) is 2. The van der Waals surface area contributed by atoms with Gasteiger partial charge in [0, 0.05) is 38.3 Å². The van der Waals surface area contributed by atoms with Gasteiger partial charge < -0.3 is 4.74 Å². The third-order valence-electron chi connectivity index (χ3n) is 4.53. The smallest absolute Gasteiger partial charge is 0.118 e. The molecule has 3 aliphatic heterocycles. The Kier molecular flexibility index (Phi) is 4.42. The van der Waals surface area contributed by atoms with Crippen molar-refractivity contribution in [3.8, 4) is 5.75 Å². The summed E-state index contributed by atoms with van der Waals surface area (Å²) in [4.78, 5) is 5.15. The first kappa shape index (κ1) is 14.4. The van der Waals surface area contributed by atoms with Gasteiger partial charge in [-0.2, -0.15) is 0 Å². The van der Waals surface area contributed by atoms with Crippen LogP contribution in [0.1, 0.15) is 12.0 Å². The molecule has 21 heavy (non-hydrogen) atoms. The van der Waals surface area contributed by atoms with Gasteiger partial charge in [-0.25, -0.2) is 0 Å². The van der Waals surface area contributed by atoms with E-state index in [1.165, 1.54) is 5.56 Å². The molecule has 2 unspecified atom stereocenters. The molecule has 0 radical (unpaired) electrons. The molecule has 0 amide bonds. The molecule has 3 heteroatoms. The maximum Gasteiger partial charge on any atom is 0.118 e. The Morgan fingerprint density at radius 1 is 1.24 bits per heavy atom. The van der Waals surface area contributed by atoms with Crippen LogP contribution in [0, 0.1) is 0 Å². The fourth-order valence-corrected chi connectivity index (χ4v) is 3.36. The lowest BCUT2D eigenvalue weighted by molar-refractivity contribution is 0.0568. The van der Waals surface area contributed by atoms with Crippen LogP contribution in [0.25, 0.3) is 0 Å². The number of piperazine rings is 1. The van der Waals surface area contributed by atoms with E-state index in [9.17, 15) is 0 Å². The standard InChI is InChI=1S/C18H24N2O/c1-3-11-19-13-17-6-4-5-16(19)14-20(17)12-15-7-9-18(21-2)10-8-15/h3-4,6-10,16-17H,1,5,11-14H2,2H3. The lowest BCUT2D eigenvalue weighted by Crippen LogP contribution is -2.55. The van der Waals surface area contributed by atoms with Crippen LogP contribution in [-0.2, 0) is 6.54 Å². The zero-order valence-corrected chi connectivity index (χ0v) is 12.7. The van der Waals surface area contributed by atoms with Gasteiger partial charge in [0.25, 0.3) is 0 Å². The highest BCUT2D eigenvalue weighted by molar-refractivity contribution is 5.27. The summed E-state index contributed by atoms with van der Waals surface area (Å²) < 4.78 is 5.23. The third kappa shape index (κ3) is 3.20. The predicted octanol–water partition coefficient (Wildman–Crippen LogP) is 2.70. The number of rotatable bonds is 5. The topological polar surface area (TPSA) is 15.7 Å². The molecule has 3 nitrogen and oxygen atoms in total. The molecule has 0 spiro atoms. The Morgan fingerprint density at radius 2 is 2.05 bits per heavy atom. The van der Waals surface area contributed by atoms with Gasteiger partial charge in [0.05, 0.1) is 7.11 Å². The van der Waals surface area contributed by atoms with Crippen LogP contribution < -0.4 is 4.74 Å². The van der Waals surface area contributed by atoms with Gasteiger partial charge >= 0.3 is 0 Å². The molecular weight excluding hydrogens is 260 g/mol. The third-order valence-corrected chi connectivity index (χ3v) is 4.53. The average Bonchev–Trinajstić information content (AvgIpc) is 2.82. The largest absolute Gasteiger partial charge is 0.497 e. The molecule has 0 aromatic heterocycles. The van der Waals surface area contributed by atoms with Gasteiger partial charge in [-0.3, -0.25) is 9.80 Å². The molecule has 2 bridgehead atoms. The average molecular weight is 284 g/mol. The first-order valence-corrected chi connectivity index (χ1v) is 7.68. The van der Waals surface area contributed by atoms with E-state index in [0.717, 1.165) is 38.3 Å². The molecule has 0 aliphatic carbocycles. The number of hydrogen-bond acceptors (Lipinski definition) is 3. The van der Waals surface area contributed by atoms with Crippen molar-refractivity contribution >= 4 is 0 Å². The highest BCUT2D eigenvalue weighted by Gasteiger charge is 2.33. The van der Waals surface area contributed by atoms with Crippen molar-refractivity contribution in [1.29, 1.82) is 0 Å². The highest BCUT2D eigenvalue weighted by Crippen LogP contribution is 2.25. The molecule has 1 aromatic carbocycles. The van der Waals surface area contributed by atoms with Gasteiger partial charge in [0.1, 0.15) is 5.75 Å². The van der Waals surface area contributed by atoms with Gasteiger partial charge in [0.2, 0.25) is 0 Å². The van der Waals surface area contributed by atoms with E-state index in [-0.39, 0.29) is 0 Å². The van der Waals surface area contributed by atoms with Crippen LogP contribution in [0.5, 0.6) is 5.75 Å². The van der Waals surface area contributed by atoms with Crippen LogP contribution in [0.15, 0.2) is 49.1 Å². The van der Waals surface area contributed by atoms with Crippen molar-refractivity contribution in [3.63, 3.8) is 0 Å². The second kappa shape index (κ2) is 6.46. The number of benzene rings is 1. The second-order valence-corrected chi connectivity index (χ2v) is 5.91. The minimum Gasteiger partial charge on any atom is -0.497 e. The van der Waals surface area contributed by atoms with Gasteiger partial charge in [-0.05, 0) is 24.1 Å². The molecule has 1 saturated heterocycles. The normalized spacial score (nSPS) is 25.8. The lowest BCUT2D eigenvalue weighted by atomic mass is 10.1. The Morgan fingerprint density at radius 3 is 2.76 bits per heavy atom. The van der Waals surface area contributed by atoms with Crippen molar-refractivity contribution in [2.24, 2.45) is 0 Å². The van der Waals surface area contributed by atoms with Crippen LogP contribution in [-0.4, -0.2) is 48.6 Å². The van der Waals surface area contributed by atoms with Gasteiger partial charge in [-0.15, -0.1) is 6.58 Å². The maximum atomic E-state index is 5.23. The first-order chi connectivity index (χ1) is 10.3. The number of hydrogen-bond donors (Lipinski definition) is 0. The Labute approximate surface area is 127 Å². The van der Waals surface area contributed by atoms with Crippen molar-refractivity contribution < 1.29 is 4.74 Å². The quantitative estimate of drug-likeness (QED) is 0.773. The highest BCUT2D eigenvalue weighted by atomic mass is 16.5. The second-order valence-electron chi connectivity index (χ2n) is 5.91. The molecule has 1 fully saturated rings. The van der Waals surface area contributed by atoms with Crippen molar-refractivity contribution in [3.05, 3.63) is 54.6 Å². The molecule has 112 valence electrons. The summed E-state index contributed by atoms with van der Waals surface area (Å²) in [5.74, 6) is 0.924. The lowest BCUT2D eigenvalue weighted by Gasteiger charge is -2.43. The Balaban J connectivity index is 1.69. The van der Waals surface area contributed by atoms with Crippen LogP contribution in [0.3, 0.4) is 0 Å². The monoisotopic (exact) mass is 284 g/mol. The summed E-state index contributed by atoms with van der Waals surface area (Å²) >= 11 is 0. The molecule has 0 saturated carbocycles. The van der Waals surface area contributed by atoms with Crippen LogP contribution >= 0.6 is 0 Å². The molecule has 2 atom stereocenters. The van der Waals surface area contributed by atoms with Gasteiger partial charge in [0.15, 0.2) is 0 Å². The summed E-state index contributed by atoms with van der Waals surface area (Å²) in [6, 6.07) is 9.57. The van der Waals surface area contributed by atoms with E-state index < -0.39 is 0 Å². The summed E-state index contributed by atoms with van der Waals surface area (Å²) in [6.07, 6.45) is 7.91. The number of ether oxygens (including phenoxy) is 1. The van der Waals surface area contributed by atoms with Crippen LogP contribution in [0.2, 0.25) is 0 Å². The molecule has 4 rings (SSSR count). The fourth-order valence-electron chi connectivity index (χ4n) is 3.36. The summed E-state index contributed by atoms with van der Waals surface area (Å²) in [5, 5.41) is 0. The summed E-state index contributed by atoms with van der Waals surface area (Å²) in [7, 11) is 1.71. The summed E-state index contributed by atoms with van der Waals surface area (Å²) in [5.41, 5.74) is 1.35. The molecule has 3 heterocycles. The van der Waals surface area contributed by atoms with Crippen molar-refractivity contribution in [2.75, 3.05) is 26.7 Å². The summed E-state index contributed by atoms with van der Waals surface area (Å²) in [6.45, 7) is 8.15. The zero-order valence-electron chi connectivity index (χ0n) is 12.7. The van der Waals surface area contributed by atoms with Crippen molar-refractivity contribution in [2.45, 2.75) is 25.0 Å². The van der Waals surface area contributed by atoms with Crippen molar-refractivity contribution in [1.82, 2.24) is 9.80 Å². The van der Waals surface area contributed by atoms with E-state index in [4.69, 9.17) is 4.74 Å².